The fourth-order valence-electron chi connectivity index (χ4n) is 2.85. The highest BCUT2D eigenvalue weighted by Crippen LogP contribution is 2.40. The second-order valence-electron chi connectivity index (χ2n) is 6.12. The second kappa shape index (κ2) is 8.08. The summed E-state index contributed by atoms with van der Waals surface area (Å²) in [6, 6.07) is 8.11. The largest absolute Gasteiger partial charge is 0.507 e. The number of rotatable bonds is 5. The summed E-state index contributed by atoms with van der Waals surface area (Å²) in [5, 5.41) is 10.5. The van der Waals surface area contributed by atoms with Crippen LogP contribution < -0.4 is 4.74 Å². The Morgan fingerprint density at radius 1 is 1.08 bits per heavy atom. The molecule has 0 unspecified atom stereocenters. The molecule has 2 aromatic carbocycles. The number of phenols is 1. The topological polar surface area (TPSA) is 66.8 Å². The number of benzene rings is 2. The number of ketones is 2. The van der Waals surface area contributed by atoms with Crippen LogP contribution in [0, 0.1) is 0 Å². The fourth-order valence-corrected chi connectivity index (χ4v) is 3.05. The van der Waals surface area contributed by atoms with Crippen molar-refractivity contribution < 1.29 is 19.4 Å². The quantitative estimate of drug-likeness (QED) is 0.671. The molecule has 7 heteroatoms. The Labute approximate surface area is 162 Å². The lowest BCUT2D eigenvalue weighted by molar-refractivity contribution is 0.0972. The number of fused-ring (bicyclic) bond motifs is 2. The molecule has 138 valence electrons. The van der Waals surface area contributed by atoms with Gasteiger partial charge in [-0.25, -0.2) is 0 Å². The number of carbonyl (C=O) groups is 2. The summed E-state index contributed by atoms with van der Waals surface area (Å²) >= 11 is 5.90. The second-order valence-corrected chi connectivity index (χ2v) is 6.39. The molecule has 3 rings (SSSR count). The van der Waals surface area contributed by atoms with Gasteiger partial charge in [0, 0.05) is 23.2 Å². The van der Waals surface area contributed by atoms with Crippen LogP contribution in [0.5, 0.6) is 11.5 Å². The maximum atomic E-state index is 12.9. The standard InChI is InChI=1S/C19H18ClNO4.ClH/c1-21(2)7-8-25-14-9-11(10-20)17(22)16-15(14)18(23)12-5-3-4-6-13(12)19(16)24;/h3-6,9,22H,7-8,10H2,1-2H3;1H. The minimum atomic E-state index is -0.396. The molecule has 0 heterocycles. The number of ether oxygens (including phenoxy) is 1. The van der Waals surface area contributed by atoms with Gasteiger partial charge in [-0.1, -0.05) is 24.3 Å². The minimum Gasteiger partial charge on any atom is -0.507 e. The molecule has 1 N–H and O–H groups in total. The summed E-state index contributed by atoms with van der Waals surface area (Å²) in [5.41, 5.74) is 1.04. The first-order chi connectivity index (χ1) is 12.0. The lowest BCUT2D eigenvalue weighted by Crippen LogP contribution is -2.24. The van der Waals surface area contributed by atoms with Crippen LogP contribution in [-0.4, -0.2) is 48.8 Å². The van der Waals surface area contributed by atoms with E-state index in [0.717, 1.165) is 0 Å². The Morgan fingerprint density at radius 2 is 1.65 bits per heavy atom. The number of nitrogens with zero attached hydrogens (tertiary/aromatic N) is 1. The van der Waals surface area contributed by atoms with E-state index in [9.17, 15) is 14.7 Å². The van der Waals surface area contributed by atoms with Crippen molar-refractivity contribution in [2.45, 2.75) is 5.88 Å². The molecule has 0 saturated heterocycles. The van der Waals surface area contributed by atoms with Crippen LogP contribution in [0.25, 0.3) is 0 Å². The monoisotopic (exact) mass is 395 g/mol. The summed E-state index contributed by atoms with van der Waals surface area (Å²) in [7, 11) is 3.82. The maximum absolute atomic E-state index is 12.9. The number of aromatic hydroxyl groups is 1. The van der Waals surface area contributed by atoms with Gasteiger partial charge in [0.2, 0.25) is 0 Å². The molecule has 1 aliphatic rings. The predicted octanol–water partition coefficient (Wildman–Crippen LogP) is 3.27. The molecule has 0 aromatic heterocycles. The van der Waals surface area contributed by atoms with Crippen molar-refractivity contribution in [1.29, 1.82) is 0 Å². The average molecular weight is 396 g/mol. The normalized spacial score (nSPS) is 12.5. The van der Waals surface area contributed by atoms with E-state index in [1.165, 1.54) is 6.07 Å². The van der Waals surface area contributed by atoms with Crippen molar-refractivity contribution in [3.8, 4) is 11.5 Å². The van der Waals surface area contributed by atoms with Crippen molar-refractivity contribution in [1.82, 2.24) is 4.90 Å². The maximum Gasteiger partial charge on any atom is 0.198 e. The highest BCUT2D eigenvalue weighted by atomic mass is 35.5. The lowest BCUT2D eigenvalue weighted by atomic mass is 9.82. The van der Waals surface area contributed by atoms with E-state index in [2.05, 4.69) is 0 Å². The van der Waals surface area contributed by atoms with E-state index in [-0.39, 0.29) is 52.3 Å². The van der Waals surface area contributed by atoms with Gasteiger partial charge in [-0.3, -0.25) is 9.59 Å². The molecule has 0 fully saturated rings. The van der Waals surface area contributed by atoms with Gasteiger partial charge in [-0.15, -0.1) is 24.0 Å². The third-order valence-electron chi connectivity index (χ3n) is 4.15. The van der Waals surface area contributed by atoms with Gasteiger partial charge in [0.1, 0.15) is 18.1 Å². The van der Waals surface area contributed by atoms with Crippen LogP contribution in [0.2, 0.25) is 0 Å². The van der Waals surface area contributed by atoms with Crippen molar-refractivity contribution >= 4 is 35.6 Å². The zero-order valence-corrected chi connectivity index (χ0v) is 16.0. The van der Waals surface area contributed by atoms with Gasteiger partial charge in [0.25, 0.3) is 0 Å². The number of hydrogen-bond acceptors (Lipinski definition) is 5. The summed E-state index contributed by atoms with van der Waals surface area (Å²) in [6.07, 6.45) is 0. The van der Waals surface area contributed by atoms with Gasteiger partial charge in [0.05, 0.1) is 17.0 Å². The number of hydrogen-bond donors (Lipinski definition) is 1. The average Bonchev–Trinajstić information content (AvgIpc) is 2.60. The van der Waals surface area contributed by atoms with Crippen molar-refractivity contribution in [2.75, 3.05) is 27.2 Å². The first-order valence-corrected chi connectivity index (χ1v) is 8.40. The minimum absolute atomic E-state index is 0. The summed E-state index contributed by atoms with van der Waals surface area (Å²) < 4.78 is 5.76. The molecular weight excluding hydrogens is 377 g/mol. The van der Waals surface area contributed by atoms with E-state index < -0.39 is 5.78 Å². The molecule has 0 atom stereocenters. The Bertz CT molecular complexity index is 865. The van der Waals surface area contributed by atoms with Crippen LogP contribution in [0.15, 0.2) is 30.3 Å². The molecule has 0 spiro atoms. The molecular formula is C19H19Cl2NO4. The third-order valence-corrected chi connectivity index (χ3v) is 4.44. The molecule has 2 aromatic rings. The summed E-state index contributed by atoms with van der Waals surface area (Å²) in [4.78, 5) is 27.7. The van der Waals surface area contributed by atoms with Gasteiger partial charge >= 0.3 is 0 Å². The number of halogens is 2. The van der Waals surface area contributed by atoms with Gasteiger partial charge in [0.15, 0.2) is 11.6 Å². The Hall–Kier alpha value is -2.08. The van der Waals surface area contributed by atoms with Crippen molar-refractivity contribution in [2.24, 2.45) is 0 Å². The highest BCUT2D eigenvalue weighted by Gasteiger charge is 2.35. The van der Waals surface area contributed by atoms with E-state index >= 15 is 0 Å². The predicted molar refractivity (Wildman–Crippen MR) is 102 cm³/mol. The Kier molecular flexibility index (Phi) is 6.29. The van der Waals surface area contributed by atoms with Gasteiger partial charge < -0.3 is 14.7 Å². The number of likely N-dealkylation sites (N-methyl/N-ethyl adjacent to an activating group) is 1. The lowest BCUT2D eigenvalue weighted by Gasteiger charge is -2.23. The number of phenolic OH excluding ortho intramolecular Hbond substituents is 1. The highest BCUT2D eigenvalue weighted by molar-refractivity contribution is 6.30. The molecule has 0 aliphatic heterocycles. The Morgan fingerprint density at radius 3 is 2.19 bits per heavy atom. The van der Waals surface area contributed by atoms with E-state index in [4.69, 9.17) is 16.3 Å². The molecule has 0 saturated carbocycles. The number of alkyl halides is 1. The Balaban J connectivity index is 0.00000243. The fraction of sp³-hybridized carbons (Fsp3) is 0.263. The third kappa shape index (κ3) is 3.43. The smallest absolute Gasteiger partial charge is 0.198 e. The van der Waals surface area contributed by atoms with Crippen LogP contribution in [-0.2, 0) is 5.88 Å². The molecule has 0 amide bonds. The van der Waals surface area contributed by atoms with Crippen LogP contribution >= 0.6 is 24.0 Å². The van der Waals surface area contributed by atoms with Gasteiger partial charge in [-0.05, 0) is 20.2 Å². The SMILES string of the molecule is CN(C)CCOc1cc(CCl)c(O)c2c1C(=O)c1ccccc1C2=O.Cl. The van der Waals surface area contributed by atoms with Crippen LogP contribution in [0.4, 0.5) is 0 Å². The molecule has 5 nitrogen and oxygen atoms in total. The van der Waals surface area contributed by atoms with Crippen LogP contribution in [0.3, 0.4) is 0 Å². The van der Waals surface area contributed by atoms with Gasteiger partial charge in [-0.2, -0.15) is 0 Å². The summed E-state index contributed by atoms with van der Waals surface area (Å²) in [6.45, 7) is 0.986. The molecule has 26 heavy (non-hydrogen) atoms. The van der Waals surface area contributed by atoms with E-state index in [0.29, 0.717) is 24.3 Å². The zero-order valence-electron chi connectivity index (χ0n) is 14.4. The first-order valence-electron chi connectivity index (χ1n) is 7.86. The zero-order chi connectivity index (χ0) is 18.1. The van der Waals surface area contributed by atoms with Crippen molar-refractivity contribution in [3.63, 3.8) is 0 Å². The summed E-state index contributed by atoms with van der Waals surface area (Å²) in [5.74, 6) is -0.698. The molecule has 1 aliphatic carbocycles. The van der Waals surface area contributed by atoms with E-state index in [1.807, 2.05) is 19.0 Å². The molecule has 0 bridgehead atoms. The molecule has 0 radical (unpaired) electrons. The number of carbonyl (C=O) groups excluding carboxylic acids is 2. The first kappa shape index (κ1) is 20.2. The van der Waals surface area contributed by atoms with Crippen molar-refractivity contribution in [3.05, 3.63) is 58.1 Å². The van der Waals surface area contributed by atoms with Crippen LogP contribution in [0.1, 0.15) is 37.4 Å². The van der Waals surface area contributed by atoms with E-state index in [1.54, 1.807) is 24.3 Å².